The molecule has 0 N–H and O–H groups in total. The van der Waals surface area contributed by atoms with E-state index >= 15 is 0 Å². The lowest BCUT2D eigenvalue weighted by atomic mass is 10.3. The fourth-order valence-corrected chi connectivity index (χ4v) is 3.16. The Morgan fingerprint density at radius 2 is 1.47 bits per heavy atom. The third-order valence-corrected chi connectivity index (χ3v) is 4.21. The van der Waals surface area contributed by atoms with E-state index in [1.807, 2.05) is 0 Å². The molecule has 0 aliphatic rings. The van der Waals surface area contributed by atoms with Crippen LogP contribution in [0.3, 0.4) is 0 Å². The van der Waals surface area contributed by atoms with Crippen molar-refractivity contribution in [2.45, 2.75) is 63.0 Å². The van der Waals surface area contributed by atoms with E-state index in [0.717, 1.165) is 0 Å². The van der Waals surface area contributed by atoms with Crippen LogP contribution in [0.4, 0.5) is 0 Å². The first-order valence-electron chi connectivity index (χ1n) is 6.22. The lowest BCUT2D eigenvalue weighted by Crippen LogP contribution is -2.11. The predicted octanol–water partition coefficient (Wildman–Crippen LogP) is 5.50. The van der Waals surface area contributed by atoms with Crippen molar-refractivity contribution < 1.29 is 18.1 Å². The first-order chi connectivity index (χ1) is 8.54. The average Bonchev–Trinajstić information content (AvgIpc) is 2.11. The van der Waals surface area contributed by atoms with E-state index in [4.69, 9.17) is 48.4 Å². The average molecular weight is 356 g/mol. The molecule has 0 saturated carbocycles. The minimum Gasteiger partial charge on any atom is -0.287 e. The highest BCUT2D eigenvalue weighted by atomic mass is 35.6. The van der Waals surface area contributed by atoms with Crippen molar-refractivity contribution in [3.05, 3.63) is 0 Å². The molecule has 19 heavy (non-hydrogen) atoms. The van der Waals surface area contributed by atoms with Gasteiger partial charge in [-0.2, -0.15) is 0 Å². The molecule has 0 aromatic carbocycles. The largest absolute Gasteiger partial charge is 0.475 e. The van der Waals surface area contributed by atoms with Crippen LogP contribution in [0.25, 0.3) is 0 Å². The molecule has 0 unspecified atom stereocenters. The smallest absolute Gasteiger partial charge is 0.287 e. The highest BCUT2D eigenvalue weighted by molar-refractivity contribution is 7.48. The van der Waals surface area contributed by atoms with Crippen molar-refractivity contribution in [3.63, 3.8) is 0 Å². The first kappa shape index (κ1) is 20.0. The molecule has 0 aliphatic heterocycles. The molecule has 0 radical (unpaired) electrons. The molecule has 0 atom stereocenters. The van der Waals surface area contributed by atoms with Crippen LogP contribution < -0.4 is 0 Å². The van der Waals surface area contributed by atoms with Gasteiger partial charge in [-0.15, -0.1) is 0 Å². The lowest BCUT2D eigenvalue weighted by molar-refractivity contribution is 0.0713. The molecular weight excluding hydrogens is 333 g/mol. The minimum absolute atomic E-state index is 0.234. The predicted molar refractivity (Wildman–Crippen MR) is 80.1 cm³/mol. The molecule has 0 saturated heterocycles. The van der Waals surface area contributed by atoms with Gasteiger partial charge < -0.3 is 0 Å². The number of hydrogen-bond donors (Lipinski definition) is 0. The third kappa shape index (κ3) is 12.4. The van der Waals surface area contributed by atoms with E-state index in [1.54, 1.807) is 27.7 Å². The highest BCUT2D eigenvalue weighted by Gasteiger charge is 2.29. The molecule has 0 aromatic rings. The molecule has 0 amide bonds. The van der Waals surface area contributed by atoms with Crippen molar-refractivity contribution in [2.75, 3.05) is 6.61 Å². The summed E-state index contributed by atoms with van der Waals surface area (Å²) in [6, 6.07) is 0. The Labute approximate surface area is 130 Å². The maximum atomic E-state index is 12.2. The summed E-state index contributed by atoms with van der Waals surface area (Å²) in [6.45, 7) is 7.30. The van der Waals surface area contributed by atoms with E-state index in [1.165, 1.54) is 0 Å². The number of hydrogen-bond acceptors (Lipinski definition) is 4. The standard InChI is InChI=1S/C11H22Cl3O4P/c1-9(2)17-19(15,18-10(3)4)16-8-6-5-7-11(12,13)14/h9-10H,5-8H2,1-4H3. The number of alkyl halides is 3. The summed E-state index contributed by atoms with van der Waals surface area (Å²) in [5, 5.41) is 0. The molecular formula is C11H22Cl3O4P. The summed E-state index contributed by atoms with van der Waals surface area (Å²) < 4.78 is 26.7. The van der Waals surface area contributed by atoms with Crippen molar-refractivity contribution in [3.8, 4) is 0 Å². The fourth-order valence-electron chi connectivity index (χ4n) is 1.21. The van der Waals surface area contributed by atoms with Gasteiger partial charge in [-0.05, 0) is 47.0 Å². The van der Waals surface area contributed by atoms with Crippen molar-refractivity contribution in [1.82, 2.24) is 0 Å². The van der Waals surface area contributed by atoms with E-state index in [-0.39, 0.29) is 18.8 Å². The summed E-state index contributed by atoms with van der Waals surface area (Å²) in [4.78, 5) is 0. The van der Waals surface area contributed by atoms with Crippen molar-refractivity contribution in [1.29, 1.82) is 0 Å². The molecule has 0 heterocycles. The van der Waals surface area contributed by atoms with Crippen LogP contribution in [0.1, 0.15) is 47.0 Å². The summed E-state index contributed by atoms with van der Waals surface area (Å²) in [6.07, 6.45) is 1.19. The van der Waals surface area contributed by atoms with Crippen LogP contribution in [-0.4, -0.2) is 22.6 Å². The Hall–Kier alpha value is 0.980. The van der Waals surface area contributed by atoms with Crippen molar-refractivity contribution in [2.24, 2.45) is 0 Å². The first-order valence-corrected chi connectivity index (χ1v) is 8.81. The van der Waals surface area contributed by atoms with Crippen LogP contribution in [-0.2, 0) is 18.1 Å². The molecule has 116 valence electrons. The maximum Gasteiger partial charge on any atom is 0.475 e. The molecule has 8 heteroatoms. The van der Waals surface area contributed by atoms with Gasteiger partial charge in [0.2, 0.25) is 0 Å². The Balaban J connectivity index is 4.10. The van der Waals surface area contributed by atoms with Gasteiger partial charge in [-0.25, -0.2) is 4.57 Å². The number of phosphoric acid groups is 1. The van der Waals surface area contributed by atoms with Crippen molar-refractivity contribution >= 4 is 42.6 Å². The lowest BCUT2D eigenvalue weighted by Gasteiger charge is -2.21. The second-order valence-electron chi connectivity index (χ2n) is 4.66. The molecule has 4 nitrogen and oxygen atoms in total. The normalized spacial score (nSPS) is 13.5. The summed E-state index contributed by atoms with van der Waals surface area (Å²) >= 11 is 16.9. The Morgan fingerprint density at radius 1 is 1.00 bits per heavy atom. The number of unbranched alkanes of at least 4 members (excludes halogenated alkanes) is 1. The number of phosphoric ester groups is 1. The van der Waals surface area contributed by atoms with Gasteiger partial charge in [0, 0.05) is 0 Å². The third-order valence-electron chi connectivity index (χ3n) is 1.78. The molecule has 0 bridgehead atoms. The zero-order valence-electron chi connectivity index (χ0n) is 11.7. The minimum atomic E-state index is -3.51. The van der Waals surface area contributed by atoms with E-state index < -0.39 is 11.6 Å². The second-order valence-corrected chi connectivity index (χ2v) is 8.75. The molecule has 0 aliphatic carbocycles. The van der Waals surface area contributed by atoms with Gasteiger partial charge in [0.25, 0.3) is 0 Å². The monoisotopic (exact) mass is 354 g/mol. The number of rotatable bonds is 9. The zero-order valence-corrected chi connectivity index (χ0v) is 14.9. The molecule has 0 spiro atoms. The quantitative estimate of drug-likeness (QED) is 0.311. The van der Waals surface area contributed by atoms with Crippen LogP contribution in [0.5, 0.6) is 0 Å². The summed E-state index contributed by atoms with van der Waals surface area (Å²) in [7, 11) is -3.51. The topological polar surface area (TPSA) is 44.8 Å². The van der Waals surface area contributed by atoms with Crippen LogP contribution in [0.15, 0.2) is 0 Å². The summed E-state index contributed by atoms with van der Waals surface area (Å²) in [5.41, 5.74) is 0. The van der Waals surface area contributed by atoms with Gasteiger partial charge in [0.05, 0.1) is 18.8 Å². The van der Waals surface area contributed by atoms with Gasteiger partial charge in [-0.1, -0.05) is 34.8 Å². The molecule has 0 fully saturated rings. The van der Waals surface area contributed by atoms with Gasteiger partial charge in [0.1, 0.15) is 0 Å². The Kier molecular flexibility index (Phi) is 9.56. The van der Waals surface area contributed by atoms with E-state index in [0.29, 0.717) is 19.3 Å². The Bertz CT molecular complexity index is 278. The van der Waals surface area contributed by atoms with E-state index in [9.17, 15) is 4.57 Å². The maximum absolute atomic E-state index is 12.2. The van der Waals surface area contributed by atoms with Gasteiger partial charge in [-0.3, -0.25) is 13.6 Å². The van der Waals surface area contributed by atoms with Gasteiger partial charge in [0.15, 0.2) is 3.79 Å². The van der Waals surface area contributed by atoms with Crippen LogP contribution in [0, 0.1) is 0 Å². The van der Waals surface area contributed by atoms with Crippen LogP contribution in [0.2, 0.25) is 0 Å². The summed E-state index contributed by atoms with van der Waals surface area (Å²) in [5.74, 6) is 0. The fraction of sp³-hybridized carbons (Fsp3) is 1.00. The second kappa shape index (κ2) is 9.09. The van der Waals surface area contributed by atoms with E-state index in [2.05, 4.69) is 0 Å². The zero-order chi connectivity index (χ0) is 15.1. The Morgan fingerprint density at radius 3 is 1.84 bits per heavy atom. The highest BCUT2D eigenvalue weighted by Crippen LogP contribution is 2.51. The van der Waals surface area contributed by atoms with Crippen LogP contribution >= 0.6 is 42.6 Å². The SMILES string of the molecule is CC(C)OP(=O)(OCCCCC(Cl)(Cl)Cl)OC(C)C. The molecule has 0 aromatic heterocycles. The number of halogens is 3. The van der Waals surface area contributed by atoms with Gasteiger partial charge >= 0.3 is 7.82 Å². The molecule has 0 rings (SSSR count).